The Morgan fingerprint density at radius 1 is 1.61 bits per heavy atom. The Bertz CT molecular complexity index is 499. The molecule has 1 saturated heterocycles. The number of aromatic nitrogens is 2. The summed E-state index contributed by atoms with van der Waals surface area (Å²) >= 11 is 0. The van der Waals surface area contributed by atoms with Gasteiger partial charge in [-0.25, -0.2) is 18.1 Å². The number of imidazole rings is 1. The molecule has 2 atom stereocenters. The predicted molar refractivity (Wildman–Crippen MR) is 65.7 cm³/mol. The maximum atomic E-state index is 12.1. The number of methoxy groups -OCH3 is 1. The number of nitrogens with zero attached hydrogens (tertiary/aromatic N) is 2. The van der Waals surface area contributed by atoms with Crippen LogP contribution < -0.4 is 10.0 Å². The monoisotopic (exact) mass is 274 g/mol. The van der Waals surface area contributed by atoms with Gasteiger partial charge in [0, 0.05) is 32.9 Å². The molecule has 2 N–H and O–H groups in total. The average molecular weight is 274 g/mol. The maximum absolute atomic E-state index is 12.1. The summed E-state index contributed by atoms with van der Waals surface area (Å²) in [4.78, 5) is 3.90. The second kappa shape index (κ2) is 5.35. The van der Waals surface area contributed by atoms with E-state index in [9.17, 15) is 8.42 Å². The van der Waals surface area contributed by atoms with Gasteiger partial charge in [0.05, 0.1) is 18.5 Å². The molecule has 1 aromatic heterocycles. The van der Waals surface area contributed by atoms with Crippen LogP contribution in [-0.4, -0.2) is 50.3 Å². The molecule has 0 amide bonds. The smallest absolute Gasteiger partial charge is 0.259 e. The van der Waals surface area contributed by atoms with Crippen molar-refractivity contribution in [1.29, 1.82) is 0 Å². The van der Waals surface area contributed by atoms with Crippen molar-refractivity contribution in [2.24, 2.45) is 0 Å². The molecule has 102 valence electrons. The number of hydrogen-bond acceptors (Lipinski definition) is 5. The number of aryl methyl sites for hydroxylation is 1. The Kier molecular flexibility index (Phi) is 4.00. The highest BCUT2D eigenvalue weighted by Gasteiger charge is 2.31. The van der Waals surface area contributed by atoms with E-state index < -0.39 is 10.0 Å². The van der Waals surface area contributed by atoms with E-state index in [1.807, 2.05) is 6.92 Å². The number of sulfonamides is 1. The summed E-state index contributed by atoms with van der Waals surface area (Å²) < 4.78 is 33.8. The van der Waals surface area contributed by atoms with Crippen LogP contribution >= 0.6 is 0 Å². The third kappa shape index (κ3) is 2.72. The summed E-state index contributed by atoms with van der Waals surface area (Å²) in [6.07, 6.45) is 2.88. The topological polar surface area (TPSA) is 85.2 Å². The lowest BCUT2D eigenvalue weighted by atomic mass is 10.2. The Morgan fingerprint density at radius 3 is 3.00 bits per heavy atom. The van der Waals surface area contributed by atoms with Crippen LogP contribution in [0.1, 0.15) is 6.92 Å². The molecule has 1 aromatic rings. The van der Waals surface area contributed by atoms with Gasteiger partial charge in [0.25, 0.3) is 10.0 Å². The van der Waals surface area contributed by atoms with Crippen molar-refractivity contribution in [3.8, 4) is 0 Å². The van der Waals surface area contributed by atoms with E-state index in [2.05, 4.69) is 15.0 Å². The highest BCUT2D eigenvalue weighted by molar-refractivity contribution is 7.89. The van der Waals surface area contributed by atoms with Crippen LogP contribution in [0.4, 0.5) is 0 Å². The summed E-state index contributed by atoms with van der Waals surface area (Å²) in [5.74, 6) is 0. The molecule has 1 unspecified atom stereocenters. The van der Waals surface area contributed by atoms with E-state index in [-0.39, 0.29) is 17.2 Å². The number of hydrogen-bond donors (Lipinski definition) is 2. The van der Waals surface area contributed by atoms with Crippen molar-refractivity contribution >= 4 is 10.0 Å². The predicted octanol–water partition coefficient (Wildman–Crippen LogP) is -0.832. The third-order valence-corrected chi connectivity index (χ3v) is 4.39. The van der Waals surface area contributed by atoms with Crippen molar-refractivity contribution < 1.29 is 13.2 Å². The molecular formula is C10H18N4O3S. The second-order valence-corrected chi connectivity index (χ2v) is 5.86. The van der Waals surface area contributed by atoms with E-state index >= 15 is 0 Å². The molecule has 18 heavy (non-hydrogen) atoms. The molecule has 1 fully saturated rings. The van der Waals surface area contributed by atoms with E-state index in [1.54, 1.807) is 11.7 Å². The molecule has 2 heterocycles. The SMILES string of the molecule is CCn1cnc(S(=O)(=O)NC2CNC[C@@H]2OC)c1. The maximum Gasteiger partial charge on any atom is 0.259 e. The molecule has 1 aliphatic rings. The van der Waals surface area contributed by atoms with Gasteiger partial charge in [-0.1, -0.05) is 0 Å². The van der Waals surface area contributed by atoms with Gasteiger partial charge >= 0.3 is 0 Å². The highest BCUT2D eigenvalue weighted by atomic mass is 32.2. The summed E-state index contributed by atoms with van der Waals surface area (Å²) in [5, 5.41) is 3.13. The van der Waals surface area contributed by atoms with Gasteiger partial charge in [-0.15, -0.1) is 0 Å². The molecule has 8 heteroatoms. The minimum absolute atomic E-state index is 0.0473. The van der Waals surface area contributed by atoms with E-state index in [4.69, 9.17) is 4.74 Å². The Hall–Kier alpha value is -0.960. The van der Waals surface area contributed by atoms with Gasteiger partial charge in [-0.05, 0) is 6.92 Å². The van der Waals surface area contributed by atoms with Gasteiger partial charge in [-0.3, -0.25) is 0 Å². The Balaban J connectivity index is 2.11. The van der Waals surface area contributed by atoms with Crippen LogP contribution in [-0.2, 0) is 21.3 Å². The number of nitrogens with one attached hydrogen (secondary N) is 2. The van der Waals surface area contributed by atoms with Crippen LogP contribution in [0.2, 0.25) is 0 Å². The minimum Gasteiger partial charge on any atom is -0.378 e. The molecule has 7 nitrogen and oxygen atoms in total. The van der Waals surface area contributed by atoms with Crippen LogP contribution in [0.25, 0.3) is 0 Å². The molecule has 0 aromatic carbocycles. The molecule has 1 aliphatic heterocycles. The van der Waals surface area contributed by atoms with Gasteiger partial charge in [0.2, 0.25) is 0 Å². The standard InChI is InChI=1S/C10H18N4O3S/c1-3-14-6-10(12-7-14)18(15,16)13-8-4-11-5-9(8)17-2/h6-9,11,13H,3-5H2,1-2H3/t8?,9-/m0/s1. The third-order valence-electron chi connectivity index (χ3n) is 3.02. The van der Waals surface area contributed by atoms with Crippen LogP contribution in [0.5, 0.6) is 0 Å². The minimum atomic E-state index is -3.58. The average Bonchev–Trinajstić information content (AvgIpc) is 2.96. The normalized spacial score (nSPS) is 24.6. The van der Waals surface area contributed by atoms with Crippen molar-refractivity contribution in [3.63, 3.8) is 0 Å². The van der Waals surface area contributed by atoms with Gasteiger partial charge in [0.1, 0.15) is 0 Å². The Labute approximate surface area is 107 Å². The van der Waals surface area contributed by atoms with Crippen LogP contribution in [0.3, 0.4) is 0 Å². The number of ether oxygens (including phenoxy) is 1. The first kappa shape index (κ1) is 13.5. The van der Waals surface area contributed by atoms with Gasteiger partial charge in [0.15, 0.2) is 5.03 Å². The molecule has 0 radical (unpaired) electrons. The number of rotatable bonds is 5. The van der Waals surface area contributed by atoms with E-state index in [0.717, 1.165) is 0 Å². The molecule has 2 rings (SSSR count). The van der Waals surface area contributed by atoms with Crippen molar-refractivity contribution in [2.45, 2.75) is 30.6 Å². The lowest BCUT2D eigenvalue weighted by molar-refractivity contribution is 0.103. The quantitative estimate of drug-likeness (QED) is 0.732. The fourth-order valence-corrected chi connectivity index (χ4v) is 3.15. The molecule has 0 saturated carbocycles. The first-order valence-corrected chi connectivity index (χ1v) is 7.32. The Morgan fingerprint density at radius 2 is 2.39 bits per heavy atom. The fourth-order valence-electron chi connectivity index (χ4n) is 1.93. The van der Waals surface area contributed by atoms with Gasteiger partial charge in [-0.2, -0.15) is 0 Å². The fraction of sp³-hybridized carbons (Fsp3) is 0.700. The zero-order chi connectivity index (χ0) is 13.2. The first-order valence-electron chi connectivity index (χ1n) is 5.84. The lowest BCUT2D eigenvalue weighted by Gasteiger charge is -2.17. The lowest BCUT2D eigenvalue weighted by Crippen LogP contribution is -2.43. The van der Waals surface area contributed by atoms with E-state index in [0.29, 0.717) is 19.6 Å². The van der Waals surface area contributed by atoms with Crippen molar-refractivity contribution in [2.75, 3.05) is 20.2 Å². The van der Waals surface area contributed by atoms with Gasteiger partial charge < -0.3 is 14.6 Å². The molecular weight excluding hydrogens is 256 g/mol. The zero-order valence-electron chi connectivity index (χ0n) is 10.5. The van der Waals surface area contributed by atoms with Crippen molar-refractivity contribution in [1.82, 2.24) is 19.6 Å². The second-order valence-electron chi connectivity index (χ2n) is 4.20. The summed E-state index contributed by atoms with van der Waals surface area (Å²) in [5.41, 5.74) is 0. The van der Waals surface area contributed by atoms with Crippen molar-refractivity contribution in [3.05, 3.63) is 12.5 Å². The molecule has 0 bridgehead atoms. The first-order chi connectivity index (χ1) is 8.56. The molecule has 0 aliphatic carbocycles. The summed E-state index contributed by atoms with van der Waals surface area (Å²) in [6, 6.07) is -0.258. The van der Waals surface area contributed by atoms with E-state index in [1.165, 1.54) is 12.5 Å². The molecule has 0 spiro atoms. The van der Waals surface area contributed by atoms with Crippen LogP contribution in [0.15, 0.2) is 17.6 Å². The highest BCUT2D eigenvalue weighted by Crippen LogP contribution is 2.10. The summed E-state index contributed by atoms with van der Waals surface area (Å²) in [7, 11) is -2.00. The zero-order valence-corrected chi connectivity index (χ0v) is 11.3. The van der Waals surface area contributed by atoms with Crippen LogP contribution in [0, 0.1) is 0 Å². The summed E-state index contributed by atoms with van der Waals surface area (Å²) in [6.45, 7) is 3.82. The largest absolute Gasteiger partial charge is 0.378 e.